The number of carbonyl (C=O) groups is 1. The zero-order valence-corrected chi connectivity index (χ0v) is 13.4. The maximum absolute atomic E-state index is 11.7. The fourth-order valence-corrected chi connectivity index (χ4v) is 2.68. The van der Waals surface area contributed by atoms with Crippen LogP contribution in [0.4, 0.5) is 0 Å². The van der Waals surface area contributed by atoms with Crippen molar-refractivity contribution in [2.75, 3.05) is 6.61 Å². The molecule has 0 saturated carbocycles. The highest BCUT2D eigenvalue weighted by atomic mass is 32.2. The molecule has 1 aromatic rings. The molecule has 7 heteroatoms. The van der Waals surface area contributed by atoms with E-state index in [0.29, 0.717) is 6.61 Å². The summed E-state index contributed by atoms with van der Waals surface area (Å²) in [6.45, 7) is 3.89. The van der Waals surface area contributed by atoms with Gasteiger partial charge in [-0.1, -0.05) is 39.0 Å². The third-order valence-corrected chi connectivity index (χ3v) is 4.13. The molecule has 0 aliphatic carbocycles. The third kappa shape index (κ3) is 5.89. The van der Waals surface area contributed by atoms with Crippen LogP contribution in [0.3, 0.4) is 0 Å². The summed E-state index contributed by atoms with van der Waals surface area (Å²) >= 11 is 0. The van der Waals surface area contributed by atoms with Crippen LogP contribution < -0.4 is 5.14 Å². The Bertz CT molecular complexity index is 562. The van der Waals surface area contributed by atoms with E-state index >= 15 is 0 Å². The zero-order chi connectivity index (χ0) is 15.9. The van der Waals surface area contributed by atoms with E-state index in [1.807, 2.05) is 0 Å². The van der Waals surface area contributed by atoms with Gasteiger partial charge in [-0.05, 0) is 13.3 Å². The van der Waals surface area contributed by atoms with Gasteiger partial charge in [-0.15, -0.1) is 0 Å². The lowest BCUT2D eigenvalue weighted by atomic mass is 10.1. The number of sulfonamides is 1. The summed E-state index contributed by atoms with van der Waals surface area (Å²) in [6, 6.07) is 1.11. The van der Waals surface area contributed by atoms with Crippen LogP contribution >= 0.6 is 0 Å². The average Bonchev–Trinajstić information content (AvgIpc) is 2.79. The average molecular weight is 317 g/mol. The number of furan rings is 1. The van der Waals surface area contributed by atoms with E-state index in [1.54, 1.807) is 0 Å². The van der Waals surface area contributed by atoms with Gasteiger partial charge in [0, 0.05) is 6.07 Å². The monoisotopic (exact) mass is 317 g/mol. The van der Waals surface area contributed by atoms with Crippen molar-refractivity contribution in [3.63, 3.8) is 0 Å². The molecule has 0 atom stereocenters. The van der Waals surface area contributed by atoms with E-state index in [1.165, 1.54) is 26.2 Å². The molecule has 0 bridgehead atoms. The minimum Gasteiger partial charge on any atom is -0.460 e. The van der Waals surface area contributed by atoms with Gasteiger partial charge in [0.05, 0.1) is 6.61 Å². The number of unbranched alkanes of at least 4 members (excludes halogenated alkanes) is 5. The largest absolute Gasteiger partial charge is 0.460 e. The molecule has 0 spiro atoms. The molecule has 0 aliphatic heterocycles. The standard InChI is InChI=1S/C14H23NO5S/c1-3-4-5-6-7-8-9-19-14(16)12-10-13(11(2)20-12)21(15,17)18/h10H,3-9H2,1-2H3,(H2,15,17,18). The smallest absolute Gasteiger partial charge is 0.374 e. The van der Waals surface area contributed by atoms with Crippen LogP contribution in [-0.2, 0) is 14.8 Å². The fraction of sp³-hybridized carbons (Fsp3) is 0.643. The lowest BCUT2D eigenvalue weighted by Gasteiger charge is -2.02. The molecule has 6 nitrogen and oxygen atoms in total. The molecular formula is C14H23NO5S. The Labute approximate surface area is 125 Å². The molecule has 1 aromatic heterocycles. The normalized spacial score (nSPS) is 11.6. The topological polar surface area (TPSA) is 99.6 Å². The van der Waals surface area contributed by atoms with E-state index in [-0.39, 0.29) is 16.4 Å². The van der Waals surface area contributed by atoms with E-state index in [9.17, 15) is 13.2 Å². The Morgan fingerprint density at radius 2 is 1.86 bits per heavy atom. The van der Waals surface area contributed by atoms with Crippen molar-refractivity contribution < 1.29 is 22.4 Å². The molecule has 2 N–H and O–H groups in total. The van der Waals surface area contributed by atoms with Crippen LogP contribution in [0.15, 0.2) is 15.4 Å². The molecular weight excluding hydrogens is 294 g/mol. The maximum Gasteiger partial charge on any atom is 0.374 e. The Hall–Kier alpha value is -1.34. The number of esters is 1. The first-order valence-corrected chi connectivity index (χ1v) is 8.71. The number of hydrogen-bond donors (Lipinski definition) is 1. The molecule has 0 aliphatic rings. The minimum atomic E-state index is -3.89. The van der Waals surface area contributed by atoms with Gasteiger partial charge in [0.2, 0.25) is 15.8 Å². The quantitative estimate of drug-likeness (QED) is 0.557. The van der Waals surface area contributed by atoms with Crippen LogP contribution in [0.5, 0.6) is 0 Å². The Balaban J connectivity index is 2.40. The van der Waals surface area contributed by atoms with E-state index in [2.05, 4.69) is 6.92 Å². The van der Waals surface area contributed by atoms with Crippen LogP contribution in [0.2, 0.25) is 0 Å². The van der Waals surface area contributed by atoms with Crippen molar-refractivity contribution in [1.82, 2.24) is 0 Å². The number of carbonyl (C=O) groups excluding carboxylic acids is 1. The minimum absolute atomic E-state index is 0.0871. The second-order valence-electron chi connectivity index (χ2n) is 4.98. The highest BCUT2D eigenvalue weighted by Crippen LogP contribution is 2.19. The van der Waals surface area contributed by atoms with Gasteiger partial charge in [-0.25, -0.2) is 18.4 Å². The van der Waals surface area contributed by atoms with Gasteiger partial charge in [0.25, 0.3) is 0 Å². The van der Waals surface area contributed by atoms with Crippen molar-refractivity contribution >= 4 is 16.0 Å². The van der Waals surface area contributed by atoms with E-state index < -0.39 is 16.0 Å². The number of nitrogens with two attached hydrogens (primary N) is 1. The molecule has 21 heavy (non-hydrogen) atoms. The molecule has 1 heterocycles. The highest BCUT2D eigenvalue weighted by Gasteiger charge is 2.21. The van der Waals surface area contributed by atoms with Crippen LogP contribution in [0, 0.1) is 6.92 Å². The van der Waals surface area contributed by atoms with Crippen molar-refractivity contribution in [3.8, 4) is 0 Å². The van der Waals surface area contributed by atoms with Crippen LogP contribution in [-0.4, -0.2) is 21.0 Å². The van der Waals surface area contributed by atoms with Gasteiger partial charge in [0.1, 0.15) is 10.7 Å². The van der Waals surface area contributed by atoms with Gasteiger partial charge in [-0.3, -0.25) is 0 Å². The Morgan fingerprint density at radius 1 is 1.24 bits per heavy atom. The summed E-state index contributed by atoms with van der Waals surface area (Å²) in [5, 5.41) is 5.01. The molecule has 0 radical (unpaired) electrons. The zero-order valence-electron chi connectivity index (χ0n) is 12.6. The first-order valence-electron chi connectivity index (χ1n) is 7.16. The number of ether oxygens (including phenoxy) is 1. The summed E-state index contributed by atoms with van der Waals surface area (Å²) < 4.78 is 32.6. The first kappa shape index (κ1) is 17.7. The molecule has 0 saturated heterocycles. The summed E-state index contributed by atoms with van der Waals surface area (Å²) in [5.41, 5.74) is 0. The molecule has 0 unspecified atom stereocenters. The lowest BCUT2D eigenvalue weighted by molar-refractivity contribution is 0.0460. The van der Waals surface area contributed by atoms with Crippen LogP contribution in [0.25, 0.3) is 0 Å². The summed E-state index contributed by atoms with van der Waals surface area (Å²) in [5.74, 6) is -0.715. The molecule has 1 rings (SSSR count). The lowest BCUT2D eigenvalue weighted by Crippen LogP contribution is -2.12. The number of hydrogen-bond acceptors (Lipinski definition) is 5. The first-order chi connectivity index (χ1) is 9.86. The number of primary sulfonamides is 1. The van der Waals surface area contributed by atoms with Gasteiger partial charge < -0.3 is 9.15 Å². The van der Waals surface area contributed by atoms with Crippen molar-refractivity contribution in [1.29, 1.82) is 0 Å². The Kier molecular flexibility index (Phi) is 6.91. The second-order valence-corrected chi connectivity index (χ2v) is 6.51. The number of rotatable bonds is 9. The van der Waals surface area contributed by atoms with Gasteiger partial charge >= 0.3 is 5.97 Å². The fourth-order valence-electron chi connectivity index (χ4n) is 1.97. The number of aryl methyl sites for hydroxylation is 1. The predicted molar refractivity (Wildman–Crippen MR) is 78.5 cm³/mol. The van der Waals surface area contributed by atoms with Gasteiger partial charge in [-0.2, -0.15) is 0 Å². The molecule has 0 fully saturated rings. The maximum atomic E-state index is 11.7. The second kappa shape index (κ2) is 8.19. The highest BCUT2D eigenvalue weighted by molar-refractivity contribution is 7.89. The predicted octanol–water partition coefficient (Wildman–Crippen LogP) is 2.75. The van der Waals surface area contributed by atoms with Gasteiger partial charge in [0.15, 0.2) is 0 Å². The summed E-state index contributed by atoms with van der Waals surface area (Å²) in [6.07, 6.45) is 6.53. The van der Waals surface area contributed by atoms with Crippen molar-refractivity contribution in [2.24, 2.45) is 5.14 Å². The Morgan fingerprint density at radius 3 is 2.43 bits per heavy atom. The van der Waals surface area contributed by atoms with E-state index in [4.69, 9.17) is 14.3 Å². The van der Waals surface area contributed by atoms with Crippen molar-refractivity contribution in [3.05, 3.63) is 17.6 Å². The van der Waals surface area contributed by atoms with Crippen LogP contribution in [0.1, 0.15) is 61.8 Å². The summed E-state index contributed by atoms with van der Waals surface area (Å²) in [4.78, 5) is 11.5. The molecule has 120 valence electrons. The van der Waals surface area contributed by atoms with E-state index in [0.717, 1.165) is 25.3 Å². The third-order valence-electron chi connectivity index (χ3n) is 3.11. The molecule has 0 amide bonds. The SMILES string of the molecule is CCCCCCCCOC(=O)c1cc(S(N)(=O)=O)c(C)o1. The molecule has 0 aromatic carbocycles. The summed E-state index contributed by atoms with van der Waals surface area (Å²) in [7, 11) is -3.89. The van der Waals surface area contributed by atoms with Crippen molar-refractivity contribution in [2.45, 2.75) is 57.3 Å².